The van der Waals surface area contributed by atoms with Gasteiger partial charge in [0.05, 0.1) is 25.9 Å². The highest BCUT2D eigenvalue weighted by Gasteiger charge is 2.55. The molecule has 21 nitrogen and oxygen atoms in total. The summed E-state index contributed by atoms with van der Waals surface area (Å²) in [6.07, 6.45) is -22.8. The number of carbonyl (C=O) groups excluding carboxylic acids is 2. The molecule has 0 aromatic heterocycles. The molecule has 0 spiro atoms. The van der Waals surface area contributed by atoms with E-state index in [1.54, 1.807) is 0 Å². The van der Waals surface area contributed by atoms with E-state index in [9.17, 15) is 65.8 Å². The Morgan fingerprint density at radius 2 is 1.31 bits per heavy atom. The average Bonchev–Trinajstić information content (AvgIpc) is 3.18. The molecule has 3 aliphatic heterocycles. The molecule has 0 unspecified atom stereocenters. The number of aromatic hydroxyl groups is 4. The molecule has 3 saturated heterocycles. The monoisotopic (exact) mass is 828 g/mol. The van der Waals surface area contributed by atoms with Crippen LogP contribution in [0.3, 0.4) is 0 Å². The van der Waals surface area contributed by atoms with Gasteiger partial charge >= 0.3 is 11.9 Å². The largest absolute Gasteiger partial charge is 0.504 e. The molecule has 3 aliphatic rings. The molecule has 0 bridgehead atoms. The summed E-state index contributed by atoms with van der Waals surface area (Å²) in [5.74, 6) is -3.70. The van der Waals surface area contributed by atoms with Crippen molar-refractivity contribution in [1.29, 1.82) is 0 Å². The first-order valence-electron chi connectivity index (χ1n) is 18.1. The molecule has 58 heavy (non-hydrogen) atoms. The Labute approximate surface area is 330 Å². The summed E-state index contributed by atoms with van der Waals surface area (Å²) in [4.78, 5) is 26.1. The predicted molar refractivity (Wildman–Crippen MR) is 189 cm³/mol. The molecule has 322 valence electrons. The van der Waals surface area contributed by atoms with Crippen LogP contribution in [0.4, 0.5) is 0 Å². The minimum atomic E-state index is -1.92. The van der Waals surface area contributed by atoms with Gasteiger partial charge in [0.25, 0.3) is 0 Å². The fourth-order valence-corrected chi connectivity index (χ4v) is 6.44. The van der Waals surface area contributed by atoms with Crippen molar-refractivity contribution < 1.29 is 104 Å². The molecular formula is C37H48O21. The van der Waals surface area contributed by atoms with Crippen LogP contribution in [-0.2, 0) is 53.9 Å². The molecule has 0 saturated carbocycles. The summed E-state index contributed by atoms with van der Waals surface area (Å²) in [5, 5.41) is 112. The Kier molecular flexibility index (Phi) is 15.2. The summed E-state index contributed by atoms with van der Waals surface area (Å²) in [6.45, 7) is 0.703. The third-order valence-corrected chi connectivity index (χ3v) is 9.64. The van der Waals surface area contributed by atoms with E-state index in [0.717, 1.165) is 19.1 Å². The van der Waals surface area contributed by atoms with E-state index in [0.29, 0.717) is 5.56 Å². The van der Waals surface area contributed by atoms with E-state index in [-0.39, 0.29) is 24.3 Å². The SMILES string of the molecule is CC(=O)O[C@@H]1[C@@H](OCCc2ccc(O)c(O)c2)O[C@@H](CO[C@H]2O[C@@H](CO)[C@H](O)[C@@H](O)[C@@H]2O)[C@H](OC(=O)/C=C/c2ccc(O)c(O)c2)[C@H]1O[C@H]1O[C@H](C)[C@@H](O)[C@H](O)[C@@H]1O. The van der Waals surface area contributed by atoms with Crippen molar-refractivity contribution in [3.05, 3.63) is 53.6 Å². The van der Waals surface area contributed by atoms with Crippen molar-refractivity contribution >= 4 is 18.0 Å². The number of esters is 2. The molecule has 0 aliphatic carbocycles. The zero-order valence-corrected chi connectivity index (χ0v) is 31.1. The van der Waals surface area contributed by atoms with Crippen molar-refractivity contribution in [3.8, 4) is 23.0 Å². The van der Waals surface area contributed by atoms with E-state index < -0.39 is 135 Å². The normalized spacial score (nSPS) is 35.4. The van der Waals surface area contributed by atoms with E-state index >= 15 is 0 Å². The number of carbonyl (C=O) groups is 2. The molecule has 2 aromatic rings. The quantitative estimate of drug-likeness (QED) is 0.0527. The summed E-state index contributed by atoms with van der Waals surface area (Å²) < 4.78 is 46.6. The molecule has 2 aromatic carbocycles. The van der Waals surface area contributed by atoms with Crippen LogP contribution < -0.4 is 0 Å². The highest BCUT2D eigenvalue weighted by atomic mass is 16.8. The van der Waals surface area contributed by atoms with Gasteiger partial charge in [0.15, 0.2) is 54.1 Å². The number of ether oxygens (including phenoxy) is 8. The lowest BCUT2D eigenvalue weighted by atomic mass is 9.96. The average molecular weight is 829 g/mol. The van der Waals surface area contributed by atoms with Crippen molar-refractivity contribution in [3.63, 3.8) is 0 Å². The van der Waals surface area contributed by atoms with Crippen LogP contribution in [0.2, 0.25) is 0 Å². The predicted octanol–water partition coefficient (Wildman–Crippen LogP) is -2.62. The Balaban J connectivity index is 1.50. The van der Waals surface area contributed by atoms with Crippen molar-refractivity contribution in [1.82, 2.24) is 0 Å². The summed E-state index contributed by atoms with van der Waals surface area (Å²) in [5.41, 5.74) is 0.738. The number of rotatable bonds is 14. The third-order valence-electron chi connectivity index (χ3n) is 9.64. The van der Waals surface area contributed by atoms with Crippen LogP contribution in [0.25, 0.3) is 6.08 Å². The first kappa shape index (κ1) is 44.9. The molecule has 3 heterocycles. The fourth-order valence-electron chi connectivity index (χ4n) is 6.44. The van der Waals surface area contributed by atoms with Crippen LogP contribution >= 0.6 is 0 Å². The Hall–Kier alpha value is -4.20. The second kappa shape index (κ2) is 19.7. The van der Waals surface area contributed by atoms with E-state index in [1.165, 1.54) is 43.3 Å². The fraction of sp³-hybridized carbons (Fsp3) is 0.568. The van der Waals surface area contributed by atoms with Gasteiger partial charge in [0.2, 0.25) is 0 Å². The minimum Gasteiger partial charge on any atom is -0.504 e. The Bertz CT molecular complexity index is 1720. The first-order chi connectivity index (χ1) is 27.5. The van der Waals surface area contributed by atoms with Gasteiger partial charge in [-0.2, -0.15) is 0 Å². The number of hydrogen-bond acceptors (Lipinski definition) is 21. The van der Waals surface area contributed by atoms with Gasteiger partial charge in [-0.05, 0) is 54.8 Å². The molecule has 0 amide bonds. The molecule has 5 rings (SSSR count). The van der Waals surface area contributed by atoms with E-state index in [2.05, 4.69) is 0 Å². The van der Waals surface area contributed by atoms with Gasteiger partial charge in [0, 0.05) is 13.0 Å². The third kappa shape index (κ3) is 10.7. The number of aliphatic hydroxyl groups excluding tert-OH is 7. The lowest BCUT2D eigenvalue weighted by Crippen LogP contribution is -2.66. The van der Waals surface area contributed by atoms with Crippen LogP contribution in [0.1, 0.15) is 25.0 Å². The van der Waals surface area contributed by atoms with E-state index in [1.807, 2.05) is 0 Å². The van der Waals surface area contributed by atoms with Crippen LogP contribution in [0, 0.1) is 0 Å². The zero-order chi connectivity index (χ0) is 42.4. The Morgan fingerprint density at radius 3 is 1.97 bits per heavy atom. The lowest BCUT2D eigenvalue weighted by molar-refractivity contribution is -0.364. The second-order valence-corrected chi connectivity index (χ2v) is 13.9. The number of hydrogen-bond donors (Lipinski definition) is 11. The smallest absolute Gasteiger partial charge is 0.331 e. The zero-order valence-electron chi connectivity index (χ0n) is 31.1. The summed E-state index contributed by atoms with van der Waals surface area (Å²) in [7, 11) is 0. The van der Waals surface area contributed by atoms with Crippen LogP contribution in [0.5, 0.6) is 23.0 Å². The van der Waals surface area contributed by atoms with Gasteiger partial charge in [-0.25, -0.2) is 4.79 Å². The summed E-state index contributed by atoms with van der Waals surface area (Å²) >= 11 is 0. The van der Waals surface area contributed by atoms with Gasteiger partial charge < -0.3 is 94.1 Å². The van der Waals surface area contributed by atoms with Crippen molar-refractivity contribution in [2.75, 3.05) is 19.8 Å². The second-order valence-electron chi connectivity index (χ2n) is 13.9. The van der Waals surface area contributed by atoms with Gasteiger partial charge in [0.1, 0.15) is 54.9 Å². The molecule has 3 fully saturated rings. The van der Waals surface area contributed by atoms with Crippen LogP contribution in [0.15, 0.2) is 42.5 Å². The molecular weight excluding hydrogens is 780 g/mol. The molecule has 15 atom stereocenters. The molecule has 21 heteroatoms. The molecule has 11 N–H and O–H groups in total. The van der Waals surface area contributed by atoms with E-state index in [4.69, 9.17) is 37.9 Å². The molecule has 0 radical (unpaired) electrons. The standard InChI is InChI=1S/C37H48O21/c1-15-26(45)28(47)31(50)36(53-15)58-33-32(57-25(44)8-5-17-3-6-19(40)21(42)11-17)24(14-52-35-30(49)29(48)27(46)23(13-38)55-35)56-37(34(33)54-16(2)39)51-10-9-18-4-7-20(41)22(43)12-18/h3-8,11-12,15,23-24,26-38,40-43,45-50H,9-10,13-14H2,1-2H3/b8-5+/t15-,23+,24+,26-,27+,28+,29-,30+,31+,32+,33-,34+,35+,36-,37+/m1/s1. The van der Waals surface area contributed by atoms with Gasteiger partial charge in [-0.15, -0.1) is 0 Å². The Morgan fingerprint density at radius 1 is 0.672 bits per heavy atom. The number of aliphatic hydroxyl groups is 7. The summed E-state index contributed by atoms with van der Waals surface area (Å²) in [6, 6.07) is 7.70. The highest BCUT2D eigenvalue weighted by Crippen LogP contribution is 2.35. The minimum absolute atomic E-state index is 0.0835. The maximum atomic E-state index is 13.5. The maximum Gasteiger partial charge on any atom is 0.331 e. The number of phenolic OH excluding ortho intramolecular Hbond substituents is 4. The topological polar surface area (TPSA) is 331 Å². The number of phenols is 4. The van der Waals surface area contributed by atoms with Gasteiger partial charge in [-0.1, -0.05) is 12.1 Å². The number of benzene rings is 2. The van der Waals surface area contributed by atoms with Crippen LogP contribution in [-0.4, -0.2) is 180 Å². The van der Waals surface area contributed by atoms with Crippen molar-refractivity contribution in [2.45, 2.75) is 112 Å². The first-order valence-corrected chi connectivity index (χ1v) is 18.1. The maximum absolute atomic E-state index is 13.5. The van der Waals surface area contributed by atoms with Crippen molar-refractivity contribution in [2.24, 2.45) is 0 Å². The van der Waals surface area contributed by atoms with Gasteiger partial charge in [-0.3, -0.25) is 4.79 Å². The lowest BCUT2D eigenvalue weighted by Gasteiger charge is -2.48. The highest BCUT2D eigenvalue weighted by molar-refractivity contribution is 5.87.